The molecule has 0 aliphatic carbocycles. The summed E-state index contributed by atoms with van der Waals surface area (Å²) in [5.74, 6) is -0.834. The molecule has 94 valence electrons. The topological polar surface area (TPSA) is 66.6 Å². The molecular weight excluding hydrogens is 236 g/mol. The van der Waals surface area contributed by atoms with Gasteiger partial charge in [0.1, 0.15) is 4.88 Å². The van der Waals surface area contributed by atoms with Crippen LogP contribution in [0.3, 0.4) is 0 Å². The van der Waals surface area contributed by atoms with Gasteiger partial charge in [0.15, 0.2) is 0 Å². The van der Waals surface area contributed by atoms with E-state index in [0.717, 1.165) is 42.9 Å². The number of rotatable bonds is 3. The molecule has 3 N–H and O–H groups in total. The average Bonchev–Trinajstić information content (AvgIpc) is 2.61. The van der Waals surface area contributed by atoms with Crippen LogP contribution in [0.15, 0.2) is 6.07 Å². The largest absolute Gasteiger partial charge is 0.477 e. The number of likely N-dealkylation sites (tertiary alicyclic amines) is 1. The number of thiophene rings is 1. The van der Waals surface area contributed by atoms with Gasteiger partial charge >= 0.3 is 5.97 Å². The van der Waals surface area contributed by atoms with E-state index in [1.165, 1.54) is 11.3 Å². The Kier molecular flexibility index (Phi) is 3.81. The van der Waals surface area contributed by atoms with Gasteiger partial charge in [-0.1, -0.05) is 0 Å². The third-order valence-corrected chi connectivity index (χ3v) is 4.25. The number of piperidine rings is 1. The number of carbonyl (C=O) groups is 1. The van der Waals surface area contributed by atoms with E-state index in [1.807, 2.05) is 6.92 Å². The molecule has 1 aromatic heterocycles. The Morgan fingerprint density at radius 2 is 2.47 bits per heavy atom. The van der Waals surface area contributed by atoms with E-state index < -0.39 is 5.97 Å². The summed E-state index contributed by atoms with van der Waals surface area (Å²) in [6.45, 7) is 4.78. The van der Waals surface area contributed by atoms with Gasteiger partial charge in [0, 0.05) is 24.0 Å². The zero-order valence-corrected chi connectivity index (χ0v) is 10.8. The predicted molar refractivity (Wildman–Crippen MR) is 68.5 cm³/mol. The Morgan fingerprint density at radius 3 is 3.06 bits per heavy atom. The molecule has 0 spiro atoms. The van der Waals surface area contributed by atoms with Crippen molar-refractivity contribution in [1.82, 2.24) is 4.90 Å². The van der Waals surface area contributed by atoms with Gasteiger partial charge in [0.2, 0.25) is 0 Å². The first-order chi connectivity index (χ1) is 8.06. The fourth-order valence-corrected chi connectivity index (χ4v) is 3.13. The van der Waals surface area contributed by atoms with E-state index in [4.69, 9.17) is 10.8 Å². The molecule has 1 atom stereocenters. The zero-order valence-electron chi connectivity index (χ0n) is 9.98. The van der Waals surface area contributed by atoms with E-state index >= 15 is 0 Å². The molecule has 5 heteroatoms. The van der Waals surface area contributed by atoms with Crippen LogP contribution in [0, 0.1) is 6.92 Å². The Bertz CT molecular complexity index is 417. The summed E-state index contributed by atoms with van der Waals surface area (Å²) in [4.78, 5) is 14.7. The van der Waals surface area contributed by atoms with Crippen molar-refractivity contribution in [3.63, 3.8) is 0 Å². The van der Waals surface area contributed by atoms with Crippen LogP contribution in [0.2, 0.25) is 0 Å². The molecule has 0 aromatic carbocycles. The van der Waals surface area contributed by atoms with Crippen LogP contribution >= 0.6 is 11.3 Å². The highest BCUT2D eigenvalue weighted by molar-refractivity contribution is 7.14. The maximum absolute atomic E-state index is 10.9. The van der Waals surface area contributed by atoms with Crippen LogP contribution in [-0.2, 0) is 6.54 Å². The van der Waals surface area contributed by atoms with Gasteiger partial charge in [-0.25, -0.2) is 4.79 Å². The lowest BCUT2D eigenvalue weighted by molar-refractivity contribution is 0.0702. The number of nitrogens with zero attached hydrogens (tertiary/aromatic N) is 1. The molecule has 1 aromatic rings. The minimum Gasteiger partial charge on any atom is -0.477 e. The Balaban J connectivity index is 2.05. The Labute approximate surface area is 105 Å². The molecule has 2 rings (SSSR count). The normalized spacial score (nSPS) is 21.6. The molecule has 1 fully saturated rings. The molecular formula is C12H18N2O2S. The van der Waals surface area contributed by atoms with Gasteiger partial charge in [-0.3, -0.25) is 4.90 Å². The summed E-state index contributed by atoms with van der Waals surface area (Å²) >= 11 is 1.35. The first kappa shape index (κ1) is 12.5. The molecule has 17 heavy (non-hydrogen) atoms. The van der Waals surface area contributed by atoms with Gasteiger partial charge in [0.05, 0.1) is 0 Å². The van der Waals surface area contributed by atoms with Crippen molar-refractivity contribution < 1.29 is 9.90 Å². The fourth-order valence-electron chi connectivity index (χ4n) is 2.26. The standard InChI is InChI=1S/C12H18N2O2S/c1-8-9(5-11(17-8)12(15)16)6-14-4-2-3-10(13)7-14/h5,10H,2-4,6-7,13H2,1H3,(H,15,16). The Hall–Kier alpha value is -0.910. The lowest BCUT2D eigenvalue weighted by atomic mass is 10.1. The first-order valence-electron chi connectivity index (χ1n) is 5.87. The number of carboxylic acid groups (broad SMARTS) is 1. The minimum atomic E-state index is -0.834. The molecule has 0 amide bonds. The van der Waals surface area contributed by atoms with Crippen molar-refractivity contribution in [1.29, 1.82) is 0 Å². The maximum atomic E-state index is 10.9. The molecule has 1 aliphatic heterocycles. The van der Waals surface area contributed by atoms with Gasteiger partial charge < -0.3 is 10.8 Å². The van der Waals surface area contributed by atoms with E-state index in [9.17, 15) is 4.79 Å². The van der Waals surface area contributed by atoms with Crippen molar-refractivity contribution in [2.45, 2.75) is 32.4 Å². The lowest BCUT2D eigenvalue weighted by Crippen LogP contribution is -2.42. The molecule has 0 saturated carbocycles. The van der Waals surface area contributed by atoms with Crippen LogP contribution in [-0.4, -0.2) is 35.1 Å². The highest BCUT2D eigenvalue weighted by Gasteiger charge is 2.19. The van der Waals surface area contributed by atoms with Crippen LogP contribution in [0.25, 0.3) is 0 Å². The summed E-state index contributed by atoms with van der Waals surface area (Å²) in [5.41, 5.74) is 7.06. The second kappa shape index (κ2) is 5.16. The molecule has 1 saturated heterocycles. The number of hydrogen-bond acceptors (Lipinski definition) is 4. The van der Waals surface area contributed by atoms with Gasteiger partial charge in [0.25, 0.3) is 0 Å². The second-order valence-electron chi connectivity index (χ2n) is 4.63. The summed E-state index contributed by atoms with van der Waals surface area (Å²) < 4.78 is 0. The highest BCUT2D eigenvalue weighted by Crippen LogP contribution is 2.24. The SMILES string of the molecule is Cc1sc(C(=O)O)cc1CN1CCCC(N)C1. The van der Waals surface area contributed by atoms with Gasteiger partial charge in [-0.05, 0) is 37.9 Å². The van der Waals surface area contributed by atoms with Crippen molar-refractivity contribution in [3.05, 3.63) is 21.4 Å². The van der Waals surface area contributed by atoms with E-state index in [2.05, 4.69) is 4.90 Å². The molecule has 0 bridgehead atoms. The summed E-state index contributed by atoms with van der Waals surface area (Å²) in [6.07, 6.45) is 2.23. The van der Waals surface area contributed by atoms with Crippen molar-refractivity contribution in [2.75, 3.05) is 13.1 Å². The minimum absolute atomic E-state index is 0.265. The number of carboxylic acids is 1. The van der Waals surface area contributed by atoms with Crippen LogP contribution in [0.4, 0.5) is 0 Å². The second-order valence-corrected chi connectivity index (χ2v) is 5.89. The van der Waals surface area contributed by atoms with Crippen LogP contribution in [0.1, 0.15) is 33.0 Å². The predicted octanol–water partition coefficient (Wildman–Crippen LogP) is 1.68. The number of hydrogen-bond donors (Lipinski definition) is 2. The summed E-state index contributed by atoms with van der Waals surface area (Å²) in [7, 11) is 0. The van der Waals surface area contributed by atoms with E-state index in [-0.39, 0.29) is 6.04 Å². The van der Waals surface area contributed by atoms with Crippen molar-refractivity contribution >= 4 is 17.3 Å². The first-order valence-corrected chi connectivity index (χ1v) is 6.68. The third-order valence-electron chi connectivity index (χ3n) is 3.17. The average molecular weight is 254 g/mol. The summed E-state index contributed by atoms with van der Waals surface area (Å²) in [5, 5.41) is 8.95. The molecule has 0 radical (unpaired) electrons. The van der Waals surface area contributed by atoms with Crippen LogP contribution in [0.5, 0.6) is 0 Å². The van der Waals surface area contributed by atoms with E-state index in [0.29, 0.717) is 4.88 Å². The monoisotopic (exact) mass is 254 g/mol. The number of aryl methyl sites for hydroxylation is 1. The molecule has 1 unspecified atom stereocenters. The number of aromatic carboxylic acids is 1. The molecule has 4 nitrogen and oxygen atoms in total. The Morgan fingerprint density at radius 1 is 1.71 bits per heavy atom. The quantitative estimate of drug-likeness (QED) is 0.861. The van der Waals surface area contributed by atoms with Crippen molar-refractivity contribution in [3.8, 4) is 0 Å². The molecule has 1 aliphatic rings. The summed E-state index contributed by atoms with van der Waals surface area (Å²) in [6, 6.07) is 2.06. The van der Waals surface area contributed by atoms with E-state index in [1.54, 1.807) is 6.07 Å². The smallest absolute Gasteiger partial charge is 0.345 e. The van der Waals surface area contributed by atoms with Crippen molar-refractivity contribution in [2.24, 2.45) is 5.73 Å². The number of nitrogens with two attached hydrogens (primary N) is 1. The maximum Gasteiger partial charge on any atom is 0.345 e. The van der Waals surface area contributed by atoms with Crippen LogP contribution < -0.4 is 5.73 Å². The molecule has 2 heterocycles. The highest BCUT2D eigenvalue weighted by atomic mass is 32.1. The zero-order chi connectivity index (χ0) is 12.4. The third kappa shape index (κ3) is 3.06. The van der Waals surface area contributed by atoms with Gasteiger partial charge in [-0.15, -0.1) is 11.3 Å². The fraction of sp³-hybridized carbons (Fsp3) is 0.583. The van der Waals surface area contributed by atoms with Gasteiger partial charge in [-0.2, -0.15) is 0 Å². The lowest BCUT2D eigenvalue weighted by Gasteiger charge is -2.30.